The number of nitrogens with zero attached hydrogens (tertiary/aromatic N) is 2. The van der Waals surface area contributed by atoms with E-state index in [4.69, 9.17) is 5.11 Å². The van der Waals surface area contributed by atoms with Gasteiger partial charge in [-0.3, -0.25) is 4.79 Å². The van der Waals surface area contributed by atoms with E-state index in [1.807, 2.05) is 0 Å². The van der Waals surface area contributed by atoms with E-state index < -0.39 is 21.9 Å². The average Bonchev–Trinajstić information content (AvgIpc) is 2.37. The molecule has 1 rings (SSSR count). The summed E-state index contributed by atoms with van der Waals surface area (Å²) in [6.45, 7) is 4.78. The van der Waals surface area contributed by atoms with Crippen molar-refractivity contribution in [3.63, 3.8) is 0 Å². The highest BCUT2D eigenvalue weighted by Crippen LogP contribution is 2.10. The Morgan fingerprint density at radius 2 is 1.71 bits per heavy atom. The number of hydrogen-bond acceptors (Lipinski definition) is 4. The van der Waals surface area contributed by atoms with Crippen molar-refractivity contribution in [3.05, 3.63) is 0 Å². The summed E-state index contributed by atoms with van der Waals surface area (Å²) >= 11 is 0. The van der Waals surface area contributed by atoms with Gasteiger partial charge in [-0.2, -0.15) is 4.31 Å². The zero-order chi connectivity index (χ0) is 16.2. The number of hydrogen-bond donors (Lipinski definition) is 2. The summed E-state index contributed by atoms with van der Waals surface area (Å²) in [5.74, 6) is -1.65. The number of carbonyl (C=O) groups excluding carboxylic acids is 1. The van der Waals surface area contributed by atoms with Gasteiger partial charge in [0.2, 0.25) is 10.0 Å². The first kappa shape index (κ1) is 17.7. The second-order valence-corrected chi connectivity index (χ2v) is 7.51. The second kappa shape index (κ2) is 7.08. The molecular weight excluding hydrogens is 298 g/mol. The molecule has 21 heavy (non-hydrogen) atoms. The third kappa shape index (κ3) is 5.16. The molecule has 8 nitrogen and oxygen atoms in total. The first-order valence-corrected chi connectivity index (χ1v) is 8.68. The summed E-state index contributed by atoms with van der Waals surface area (Å²) in [5, 5.41) is 11.7. The Morgan fingerprint density at radius 1 is 1.19 bits per heavy atom. The van der Waals surface area contributed by atoms with Crippen LogP contribution in [0, 0.1) is 11.8 Å². The number of nitrogens with one attached hydrogen (secondary N) is 1. The fourth-order valence-electron chi connectivity index (χ4n) is 2.14. The van der Waals surface area contributed by atoms with Crippen LogP contribution in [0.25, 0.3) is 0 Å². The minimum atomic E-state index is -3.23. The van der Waals surface area contributed by atoms with Crippen molar-refractivity contribution < 1.29 is 23.1 Å². The summed E-state index contributed by atoms with van der Waals surface area (Å²) in [7, 11) is -3.23. The Labute approximate surface area is 125 Å². The lowest BCUT2D eigenvalue weighted by molar-refractivity contribution is -0.142. The highest BCUT2D eigenvalue weighted by Gasteiger charge is 2.27. The van der Waals surface area contributed by atoms with Gasteiger partial charge in [0.25, 0.3) is 0 Å². The average molecular weight is 321 g/mol. The highest BCUT2D eigenvalue weighted by atomic mass is 32.2. The second-order valence-electron chi connectivity index (χ2n) is 5.52. The molecule has 0 saturated carbocycles. The minimum absolute atomic E-state index is 0.0676. The van der Waals surface area contributed by atoms with Gasteiger partial charge >= 0.3 is 12.0 Å². The monoisotopic (exact) mass is 321 g/mol. The lowest BCUT2D eigenvalue weighted by atomic mass is 9.96. The summed E-state index contributed by atoms with van der Waals surface area (Å²) < 4.78 is 24.1. The van der Waals surface area contributed by atoms with E-state index in [2.05, 4.69) is 5.32 Å². The number of aliphatic carboxylic acids is 1. The van der Waals surface area contributed by atoms with Crippen molar-refractivity contribution in [2.45, 2.75) is 13.8 Å². The number of carbonyl (C=O) groups is 2. The maximum Gasteiger partial charge on any atom is 0.317 e. The third-order valence-corrected chi connectivity index (χ3v) is 4.89. The number of rotatable bonds is 5. The van der Waals surface area contributed by atoms with Gasteiger partial charge in [-0.15, -0.1) is 0 Å². The van der Waals surface area contributed by atoms with E-state index in [1.54, 1.807) is 13.8 Å². The molecule has 0 aromatic carbocycles. The molecule has 1 heterocycles. The van der Waals surface area contributed by atoms with Crippen molar-refractivity contribution in [1.82, 2.24) is 14.5 Å². The molecule has 0 aliphatic carbocycles. The van der Waals surface area contributed by atoms with Gasteiger partial charge < -0.3 is 15.3 Å². The van der Waals surface area contributed by atoms with Gasteiger partial charge in [0.1, 0.15) is 0 Å². The first-order chi connectivity index (χ1) is 9.62. The van der Waals surface area contributed by atoms with Crippen molar-refractivity contribution in [3.8, 4) is 0 Å². The number of urea groups is 1. The summed E-state index contributed by atoms with van der Waals surface area (Å²) in [6, 6.07) is -0.352. The predicted molar refractivity (Wildman–Crippen MR) is 77.4 cm³/mol. The summed E-state index contributed by atoms with van der Waals surface area (Å²) in [5.41, 5.74) is 0. The molecule has 1 fully saturated rings. The van der Waals surface area contributed by atoms with Crippen molar-refractivity contribution >= 4 is 22.0 Å². The van der Waals surface area contributed by atoms with Crippen molar-refractivity contribution in [2.75, 3.05) is 39.0 Å². The van der Waals surface area contributed by atoms with E-state index in [1.165, 1.54) is 9.21 Å². The topological polar surface area (TPSA) is 107 Å². The molecule has 0 bridgehead atoms. The Morgan fingerprint density at radius 3 is 2.10 bits per heavy atom. The molecule has 1 aliphatic heterocycles. The maximum atomic E-state index is 12.0. The van der Waals surface area contributed by atoms with E-state index in [-0.39, 0.29) is 31.6 Å². The molecule has 1 unspecified atom stereocenters. The molecule has 2 amide bonds. The molecule has 9 heteroatoms. The van der Waals surface area contributed by atoms with Crippen LogP contribution in [0.1, 0.15) is 13.8 Å². The van der Waals surface area contributed by atoms with E-state index in [9.17, 15) is 18.0 Å². The van der Waals surface area contributed by atoms with Crippen LogP contribution in [0.5, 0.6) is 0 Å². The highest BCUT2D eigenvalue weighted by molar-refractivity contribution is 7.88. The smallest absolute Gasteiger partial charge is 0.317 e. The largest absolute Gasteiger partial charge is 0.481 e. The molecule has 0 spiro atoms. The fourth-order valence-corrected chi connectivity index (χ4v) is 2.97. The Bertz CT molecular complexity index is 483. The molecule has 0 aromatic heterocycles. The van der Waals surface area contributed by atoms with Crippen LogP contribution >= 0.6 is 0 Å². The molecule has 2 N–H and O–H groups in total. The van der Waals surface area contributed by atoms with Crippen LogP contribution in [0.2, 0.25) is 0 Å². The van der Waals surface area contributed by atoms with Crippen LogP contribution in [0.15, 0.2) is 0 Å². The number of amides is 2. The van der Waals surface area contributed by atoms with Crippen LogP contribution < -0.4 is 5.32 Å². The zero-order valence-corrected chi connectivity index (χ0v) is 13.4. The molecule has 1 atom stereocenters. The normalized spacial score (nSPS) is 18.6. The molecule has 122 valence electrons. The number of sulfonamides is 1. The predicted octanol–water partition coefficient (Wildman–Crippen LogP) is -0.370. The van der Waals surface area contributed by atoms with Crippen LogP contribution in [0.3, 0.4) is 0 Å². The maximum absolute atomic E-state index is 12.0. The molecule has 0 radical (unpaired) electrons. The van der Waals surface area contributed by atoms with Crippen LogP contribution in [-0.4, -0.2) is 73.7 Å². The number of carboxylic acid groups (broad SMARTS) is 1. The van der Waals surface area contributed by atoms with Gasteiger partial charge in [0.15, 0.2) is 0 Å². The Hall–Kier alpha value is -1.35. The SMILES string of the molecule is CC(C)C(CNC(=O)N1CCN(S(C)(=O)=O)CC1)C(=O)O. The Balaban J connectivity index is 2.46. The molecular formula is C12H23N3O5S. The quantitative estimate of drug-likeness (QED) is 0.718. The number of carboxylic acids is 1. The van der Waals surface area contributed by atoms with Gasteiger partial charge in [-0.1, -0.05) is 13.8 Å². The van der Waals surface area contributed by atoms with Crippen LogP contribution in [0.4, 0.5) is 4.79 Å². The zero-order valence-electron chi connectivity index (χ0n) is 12.6. The van der Waals surface area contributed by atoms with Crippen LogP contribution in [-0.2, 0) is 14.8 Å². The third-order valence-electron chi connectivity index (χ3n) is 3.59. The van der Waals surface area contributed by atoms with Gasteiger partial charge in [0, 0.05) is 32.7 Å². The summed E-state index contributed by atoms with van der Waals surface area (Å²) in [4.78, 5) is 24.5. The lowest BCUT2D eigenvalue weighted by Gasteiger charge is -2.33. The van der Waals surface area contributed by atoms with Gasteiger partial charge in [0.05, 0.1) is 12.2 Å². The van der Waals surface area contributed by atoms with Gasteiger partial charge in [-0.05, 0) is 5.92 Å². The lowest BCUT2D eigenvalue weighted by Crippen LogP contribution is -2.53. The molecule has 1 saturated heterocycles. The Kier molecular flexibility index (Phi) is 5.97. The summed E-state index contributed by atoms with van der Waals surface area (Å²) in [6.07, 6.45) is 1.14. The first-order valence-electron chi connectivity index (χ1n) is 6.83. The number of piperazine rings is 1. The minimum Gasteiger partial charge on any atom is -0.481 e. The van der Waals surface area contributed by atoms with E-state index in [0.717, 1.165) is 6.26 Å². The molecule has 1 aliphatic rings. The fraction of sp³-hybridized carbons (Fsp3) is 0.833. The van der Waals surface area contributed by atoms with Crippen molar-refractivity contribution in [1.29, 1.82) is 0 Å². The van der Waals surface area contributed by atoms with E-state index in [0.29, 0.717) is 13.1 Å². The molecule has 0 aromatic rings. The van der Waals surface area contributed by atoms with Gasteiger partial charge in [-0.25, -0.2) is 13.2 Å². The van der Waals surface area contributed by atoms with Crippen molar-refractivity contribution in [2.24, 2.45) is 11.8 Å². The van der Waals surface area contributed by atoms with E-state index >= 15 is 0 Å². The standard InChI is InChI=1S/C12H23N3O5S/c1-9(2)10(11(16)17)8-13-12(18)14-4-6-15(7-5-14)21(3,19)20/h9-10H,4-8H2,1-3H3,(H,13,18)(H,16,17).